The predicted molar refractivity (Wildman–Crippen MR) is 111 cm³/mol. The monoisotopic (exact) mass is 417 g/mol. The van der Waals surface area contributed by atoms with E-state index in [-0.39, 0.29) is 17.9 Å². The van der Waals surface area contributed by atoms with Crippen molar-refractivity contribution >= 4 is 17.8 Å². The second kappa shape index (κ2) is 7.49. The highest BCUT2D eigenvalue weighted by Gasteiger charge is 2.50. The molecule has 0 unspecified atom stereocenters. The molecule has 30 heavy (non-hydrogen) atoms. The molecule has 1 aromatic rings. The summed E-state index contributed by atoms with van der Waals surface area (Å²) >= 11 is 0. The summed E-state index contributed by atoms with van der Waals surface area (Å²) in [6.07, 6.45) is 0.751. The predicted octanol–water partition coefficient (Wildman–Crippen LogP) is 2.56. The Balaban J connectivity index is 1.73. The maximum Gasteiger partial charge on any atom is 0.325 e. The van der Waals surface area contributed by atoms with Crippen molar-refractivity contribution in [3.8, 4) is 11.5 Å². The highest BCUT2D eigenvalue weighted by molar-refractivity contribution is 6.09. The van der Waals surface area contributed by atoms with Crippen molar-refractivity contribution in [1.82, 2.24) is 15.5 Å². The molecule has 1 aromatic carbocycles. The molecule has 0 bridgehead atoms. The van der Waals surface area contributed by atoms with Crippen LogP contribution in [0.2, 0.25) is 0 Å². The van der Waals surface area contributed by atoms with E-state index in [4.69, 9.17) is 9.47 Å². The van der Waals surface area contributed by atoms with E-state index in [0.717, 1.165) is 11.3 Å². The highest BCUT2D eigenvalue weighted by Crippen LogP contribution is 2.36. The van der Waals surface area contributed by atoms with E-state index in [1.165, 1.54) is 0 Å². The summed E-state index contributed by atoms with van der Waals surface area (Å²) in [5.41, 5.74) is -1.16. The lowest BCUT2D eigenvalue weighted by atomic mass is 9.82. The topological polar surface area (TPSA) is 97.0 Å². The van der Waals surface area contributed by atoms with Gasteiger partial charge in [-0.2, -0.15) is 0 Å². The number of rotatable bonds is 5. The third kappa shape index (κ3) is 4.52. The molecule has 8 nitrogen and oxygen atoms in total. The van der Waals surface area contributed by atoms with Crippen LogP contribution in [0, 0.1) is 5.41 Å². The van der Waals surface area contributed by atoms with E-state index in [2.05, 4.69) is 31.4 Å². The van der Waals surface area contributed by atoms with Gasteiger partial charge in [-0.25, -0.2) is 4.79 Å². The minimum absolute atomic E-state index is 0.0222. The van der Waals surface area contributed by atoms with Gasteiger partial charge in [-0.05, 0) is 50.3 Å². The number of imide groups is 1. The number of amides is 4. The van der Waals surface area contributed by atoms with Crippen LogP contribution in [-0.4, -0.2) is 48.0 Å². The van der Waals surface area contributed by atoms with Crippen molar-refractivity contribution in [3.05, 3.63) is 23.8 Å². The van der Waals surface area contributed by atoms with Crippen LogP contribution < -0.4 is 20.1 Å². The molecule has 1 atom stereocenters. The second-order valence-corrected chi connectivity index (χ2v) is 9.97. The summed E-state index contributed by atoms with van der Waals surface area (Å²) in [7, 11) is 0. The zero-order valence-corrected chi connectivity index (χ0v) is 18.5. The highest BCUT2D eigenvalue weighted by atomic mass is 16.6. The first-order chi connectivity index (χ1) is 13.8. The third-order valence-electron chi connectivity index (χ3n) is 5.15. The number of ether oxygens (including phenoxy) is 2. The van der Waals surface area contributed by atoms with Crippen molar-refractivity contribution in [2.45, 2.75) is 59.0 Å². The van der Waals surface area contributed by atoms with Gasteiger partial charge in [-0.1, -0.05) is 26.8 Å². The van der Waals surface area contributed by atoms with Gasteiger partial charge in [0.15, 0.2) is 11.5 Å². The Bertz CT molecular complexity index is 874. The molecule has 0 aromatic heterocycles. The van der Waals surface area contributed by atoms with Gasteiger partial charge in [0.1, 0.15) is 25.3 Å². The quantitative estimate of drug-likeness (QED) is 0.718. The van der Waals surface area contributed by atoms with Gasteiger partial charge in [-0.15, -0.1) is 0 Å². The molecule has 0 aliphatic carbocycles. The minimum Gasteiger partial charge on any atom is -0.486 e. The molecule has 0 spiro atoms. The van der Waals surface area contributed by atoms with Crippen LogP contribution in [0.1, 0.15) is 53.5 Å². The zero-order valence-electron chi connectivity index (χ0n) is 18.5. The summed E-state index contributed by atoms with van der Waals surface area (Å²) in [4.78, 5) is 39.2. The molecule has 8 heteroatoms. The first-order valence-electron chi connectivity index (χ1n) is 10.2. The standard InChI is InChI=1S/C22H31N3O5/c1-20(2,3)13-21(4,5)23-17(26)12-25-18(27)22(6,24-19(25)28)14-7-8-15-16(11-14)30-10-9-29-15/h7-8,11H,9-10,12-13H2,1-6H3,(H,23,26)(H,24,28)/t22-/m0/s1. The molecule has 4 amide bonds. The Morgan fingerprint density at radius 2 is 1.77 bits per heavy atom. The smallest absolute Gasteiger partial charge is 0.325 e. The maximum atomic E-state index is 13.1. The summed E-state index contributed by atoms with van der Waals surface area (Å²) in [5, 5.41) is 5.66. The lowest BCUT2D eigenvalue weighted by Gasteiger charge is -2.33. The van der Waals surface area contributed by atoms with Gasteiger partial charge in [0.2, 0.25) is 5.91 Å². The second-order valence-electron chi connectivity index (χ2n) is 9.97. The number of hydrogen-bond donors (Lipinski definition) is 2. The maximum absolute atomic E-state index is 13.1. The Hall–Kier alpha value is -2.77. The number of fused-ring (bicyclic) bond motifs is 1. The number of hydrogen-bond acceptors (Lipinski definition) is 5. The van der Waals surface area contributed by atoms with Crippen molar-refractivity contribution in [3.63, 3.8) is 0 Å². The normalized spacial score (nSPS) is 21.5. The summed E-state index contributed by atoms with van der Waals surface area (Å²) in [5.74, 6) is 0.275. The lowest BCUT2D eigenvalue weighted by molar-refractivity contribution is -0.135. The molecule has 2 N–H and O–H groups in total. The molecule has 3 rings (SSSR count). The molecule has 0 radical (unpaired) electrons. The van der Waals surface area contributed by atoms with Gasteiger partial charge in [0.05, 0.1) is 0 Å². The summed E-state index contributed by atoms with van der Waals surface area (Å²) < 4.78 is 11.1. The van der Waals surface area contributed by atoms with Gasteiger partial charge in [0, 0.05) is 5.54 Å². The van der Waals surface area contributed by atoms with Crippen LogP contribution in [0.25, 0.3) is 0 Å². The van der Waals surface area contributed by atoms with E-state index >= 15 is 0 Å². The van der Waals surface area contributed by atoms with Gasteiger partial charge in [0.25, 0.3) is 5.91 Å². The van der Waals surface area contributed by atoms with Crippen LogP contribution in [0.3, 0.4) is 0 Å². The lowest BCUT2D eigenvalue weighted by Crippen LogP contribution is -2.50. The number of urea groups is 1. The average Bonchev–Trinajstić information content (AvgIpc) is 2.83. The fourth-order valence-corrected chi connectivity index (χ4v) is 4.32. The first-order valence-corrected chi connectivity index (χ1v) is 10.2. The zero-order chi connectivity index (χ0) is 22.3. The van der Waals surface area contributed by atoms with Crippen LogP contribution in [-0.2, 0) is 15.1 Å². The molecule has 2 aliphatic rings. The van der Waals surface area contributed by atoms with Crippen molar-refractivity contribution in [1.29, 1.82) is 0 Å². The molecular formula is C22H31N3O5. The number of nitrogens with one attached hydrogen (secondary N) is 2. The number of carbonyl (C=O) groups is 3. The average molecular weight is 418 g/mol. The van der Waals surface area contributed by atoms with E-state index in [9.17, 15) is 14.4 Å². The molecule has 164 valence electrons. The van der Waals surface area contributed by atoms with Crippen molar-refractivity contribution in [2.75, 3.05) is 19.8 Å². The van der Waals surface area contributed by atoms with Crippen LogP contribution in [0.4, 0.5) is 4.79 Å². The van der Waals surface area contributed by atoms with E-state index < -0.39 is 23.0 Å². The van der Waals surface area contributed by atoms with E-state index in [1.54, 1.807) is 25.1 Å². The fraction of sp³-hybridized carbons (Fsp3) is 0.591. The molecule has 2 aliphatic heterocycles. The van der Waals surface area contributed by atoms with Gasteiger partial charge >= 0.3 is 6.03 Å². The summed E-state index contributed by atoms with van der Waals surface area (Å²) in [6, 6.07) is 4.55. The van der Waals surface area contributed by atoms with Crippen molar-refractivity contribution < 1.29 is 23.9 Å². The Morgan fingerprint density at radius 3 is 2.40 bits per heavy atom. The number of nitrogens with zero attached hydrogens (tertiary/aromatic N) is 1. The first kappa shape index (κ1) is 21.9. The van der Waals surface area contributed by atoms with Gasteiger partial charge in [-0.3, -0.25) is 14.5 Å². The largest absolute Gasteiger partial charge is 0.486 e. The molecule has 0 saturated carbocycles. The number of carbonyl (C=O) groups excluding carboxylic acids is 3. The SMILES string of the molecule is CC(C)(C)CC(C)(C)NC(=O)CN1C(=O)N[C@@](C)(c2ccc3c(c2)OCCO3)C1=O. The minimum atomic E-state index is -1.28. The molecular weight excluding hydrogens is 386 g/mol. The van der Waals surface area contributed by atoms with E-state index in [1.807, 2.05) is 13.8 Å². The molecule has 2 heterocycles. The molecule has 1 fully saturated rings. The van der Waals surface area contributed by atoms with Crippen molar-refractivity contribution in [2.24, 2.45) is 5.41 Å². The Kier molecular flexibility index (Phi) is 5.47. The van der Waals surface area contributed by atoms with Crippen LogP contribution >= 0.6 is 0 Å². The molecule has 1 saturated heterocycles. The number of benzene rings is 1. The fourth-order valence-electron chi connectivity index (χ4n) is 4.32. The van der Waals surface area contributed by atoms with Crippen LogP contribution in [0.5, 0.6) is 11.5 Å². The van der Waals surface area contributed by atoms with Crippen LogP contribution in [0.15, 0.2) is 18.2 Å². The van der Waals surface area contributed by atoms with E-state index in [0.29, 0.717) is 30.3 Å². The van der Waals surface area contributed by atoms with Gasteiger partial charge < -0.3 is 20.1 Å². The Labute approximate surface area is 177 Å². The Morgan fingerprint density at radius 1 is 1.13 bits per heavy atom. The summed E-state index contributed by atoms with van der Waals surface area (Å²) in [6.45, 7) is 12.3. The third-order valence-corrected chi connectivity index (χ3v) is 5.15.